The van der Waals surface area contributed by atoms with Gasteiger partial charge in [-0.1, -0.05) is 18.2 Å². The highest BCUT2D eigenvalue weighted by atomic mass is 19.1. The molecule has 0 saturated carbocycles. The van der Waals surface area contributed by atoms with Crippen LogP contribution in [0.3, 0.4) is 0 Å². The first-order valence-electron chi connectivity index (χ1n) is 8.31. The van der Waals surface area contributed by atoms with Crippen molar-refractivity contribution in [3.8, 4) is 0 Å². The maximum absolute atomic E-state index is 13.8. The Labute approximate surface area is 140 Å². The van der Waals surface area contributed by atoms with E-state index in [9.17, 15) is 4.39 Å². The molecule has 0 bridgehead atoms. The maximum atomic E-state index is 13.8. The van der Waals surface area contributed by atoms with Gasteiger partial charge in [0, 0.05) is 50.7 Å². The van der Waals surface area contributed by atoms with Crippen LogP contribution in [0.25, 0.3) is 5.65 Å². The van der Waals surface area contributed by atoms with Gasteiger partial charge in [-0.05, 0) is 24.6 Å². The van der Waals surface area contributed by atoms with Gasteiger partial charge in [0.15, 0.2) is 5.65 Å². The molecular weight excluding hydrogens is 305 g/mol. The molecule has 0 radical (unpaired) electrons. The topological polar surface area (TPSA) is 36.7 Å². The molecule has 0 spiro atoms. The number of aromatic nitrogens is 3. The van der Waals surface area contributed by atoms with Gasteiger partial charge in [-0.15, -0.1) is 5.10 Å². The fourth-order valence-corrected chi connectivity index (χ4v) is 3.20. The van der Waals surface area contributed by atoms with Crippen LogP contribution in [0.15, 0.2) is 48.8 Å². The summed E-state index contributed by atoms with van der Waals surface area (Å²) in [5.41, 5.74) is 1.62. The van der Waals surface area contributed by atoms with E-state index in [0.717, 1.165) is 49.6 Å². The molecular formula is C18H20FN5. The smallest absolute Gasteiger partial charge is 0.153 e. The lowest BCUT2D eigenvalue weighted by Crippen LogP contribution is -2.31. The van der Waals surface area contributed by atoms with E-state index in [1.54, 1.807) is 16.8 Å². The molecule has 3 heterocycles. The third-order valence-corrected chi connectivity index (χ3v) is 4.51. The summed E-state index contributed by atoms with van der Waals surface area (Å²) in [4.78, 5) is 8.83. The number of rotatable bonds is 3. The van der Waals surface area contributed by atoms with Crippen LogP contribution in [-0.4, -0.2) is 45.7 Å². The Balaban J connectivity index is 1.45. The average Bonchev–Trinajstić information content (AvgIpc) is 2.95. The molecule has 24 heavy (non-hydrogen) atoms. The fourth-order valence-electron chi connectivity index (χ4n) is 3.20. The second-order valence-corrected chi connectivity index (χ2v) is 6.13. The Morgan fingerprint density at radius 2 is 1.92 bits per heavy atom. The third-order valence-electron chi connectivity index (χ3n) is 4.51. The average molecular weight is 325 g/mol. The highest BCUT2D eigenvalue weighted by molar-refractivity contribution is 5.45. The van der Waals surface area contributed by atoms with E-state index in [-0.39, 0.29) is 5.82 Å². The lowest BCUT2D eigenvalue weighted by molar-refractivity contribution is 0.281. The van der Waals surface area contributed by atoms with Gasteiger partial charge in [-0.2, -0.15) is 0 Å². The first kappa shape index (κ1) is 15.1. The molecule has 1 aromatic carbocycles. The standard InChI is InChI=1S/C18H20FN5/c19-16-5-2-1-4-15(16)14-22-9-3-10-23(13-12-22)18-7-6-17-20-8-11-24(17)21-18/h1-2,4-8,11H,3,9-10,12-14H2. The SMILES string of the molecule is Fc1ccccc1CN1CCCN(c2ccc3nccn3n2)CC1. The molecule has 5 nitrogen and oxygen atoms in total. The van der Waals surface area contributed by atoms with Crippen molar-refractivity contribution in [2.45, 2.75) is 13.0 Å². The normalized spacial score (nSPS) is 16.5. The van der Waals surface area contributed by atoms with E-state index in [1.807, 2.05) is 30.5 Å². The molecule has 0 unspecified atom stereocenters. The Hall–Kier alpha value is -2.47. The predicted molar refractivity (Wildman–Crippen MR) is 91.5 cm³/mol. The molecule has 6 heteroatoms. The Morgan fingerprint density at radius 1 is 1.00 bits per heavy atom. The minimum absolute atomic E-state index is 0.120. The zero-order valence-corrected chi connectivity index (χ0v) is 13.5. The number of halogens is 1. The summed E-state index contributed by atoms with van der Waals surface area (Å²) in [6.07, 6.45) is 4.66. The van der Waals surface area contributed by atoms with Crippen molar-refractivity contribution in [2.24, 2.45) is 0 Å². The summed E-state index contributed by atoms with van der Waals surface area (Å²) in [7, 11) is 0. The van der Waals surface area contributed by atoms with Crippen molar-refractivity contribution in [1.29, 1.82) is 0 Å². The van der Waals surface area contributed by atoms with Gasteiger partial charge < -0.3 is 4.90 Å². The van der Waals surface area contributed by atoms with Gasteiger partial charge in [0.25, 0.3) is 0 Å². The Bertz CT molecular complexity index is 831. The quantitative estimate of drug-likeness (QED) is 0.742. The minimum Gasteiger partial charge on any atom is -0.354 e. The predicted octanol–water partition coefficient (Wildman–Crippen LogP) is 2.58. The molecule has 1 saturated heterocycles. The molecule has 2 aromatic heterocycles. The number of hydrogen-bond donors (Lipinski definition) is 0. The molecule has 3 aromatic rings. The zero-order chi connectivity index (χ0) is 16.4. The number of anilines is 1. The Kier molecular flexibility index (Phi) is 4.13. The fraction of sp³-hybridized carbons (Fsp3) is 0.333. The van der Waals surface area contributed by atoms with Crippen molar-refractivity contribution < 1.29 is 4.39 Å². The molecule has 124 valence electrons. The largest absolute Gasteiger partial charge is 0.354 e. The first-order valence-corrected chi connectivity index (χ1v) is 8.31. The summed E-state index contributed by atoms with van der Waals surface area (Å²) in [5, 5.41) is 4.63. The Morgan fingerprint density at radius 3 is 2.83 bits per heavy atom. The van der Waals surface area contributed by atoms with Gasteiger partial charge in [0.1, 0.15) is 11.6 Å². The monoisotopic (exact) mass is 325 g/mol. The van der Waals surface area contributed by atoms with E-state index < -0.39 is 0 Å². The van der Waals surface area contributed by atoms with Crippen molar-refractivity contribution in [1.82, 2.24) is 19.5 Å². The summed E-state index contributed by atoms with van der Waals surface area (Å²) >= 11 is 0. The highest BCUT2D eigenvalue weighted by Gasteiger charge is 2.17. The summed E-state index contributed by atoms with van der Waals surface area (Å²) in [5.74, 6) is 0.846. The number of benzene rings is 1. The van der Waals surface area contributed by atoms with E-state index in [0.29, 0.717) is 6.54 Å². The molecule has 4 rings (SSSR count). The van der Waals surface area contributed by atoms with Crippen LogP contribution in [0.4, 0.5) is 10.2 Å². The lowest BCUT2D eigenvalue weighted by Gasteiger charge is -2.22. The molecule has 1 fully saturated rings. The summed E-state index contributed by atoms with van der Waals surface area (Å²) in [6, 6.07) is 11.0. The van der Waals surface area contributed by atoms with Crippen LogP contribution >= 0.6 is 0 Å². The van der Waals surface area contributed by atoms with Gasteiger partial charge in [0.05, 0.1) is 0 Å². The van der Waals surface area contributed by atoms with Crippen LogP contribution in [0.1, 0.15) is 12.0 Å². The number of hydrogen-bond acceptors (Lipinski definition) is 4. The molecule has 0 amide bonds. The molecule has 0 atom stereocenters. The first-order chi connectivity index (χ1) is 11.8. The summed E-state index contributed by atoms with van der Waals surface area (Å²) in [6.45, 7) is 4.38. The minimum atomic E-state index is -0.120. The summed E-state index contributed by atoms with van der Waals surface area (Å²) < 4.78 is 15.7. The second-order valence-electron chi connectivity index (χ2n) is 6.13. The van der Waals surface area contributed by atoms with Crippen LogP contribution in [0.5, 0.6) is 0 Å². The van der Waals surface area contributed by atoms with Crippen LogP contribution in [0, 0.1) is 5.82 Å². The van der Waals surface area contributed by atoms with E-state index in [4.69, 9.17) is 0 Å². The molecule has 0 N–H and O–H groups in total. The van der Waals surface area contributed by atoms with Crippen molar-refractivity contribution in [2.75, 3.05) is 31.1 Å². The lowest BCUT2D eigenvalue weighted by atomic mass is 10.2. The molecule has 1 aliphatic rings. The zero-order valence-electron chi connectivity index (χ0n) is 13.5. The number of fused-ring (bicyclic) bond motifs is 1. The van der Waals surface area contributed by atoms with Gasteiger partial charge >= 0.3 is 0 Å². The van der Waals surface area contributed by atoms with Crippen molar-refractivity contribution in [3.63, 3.8) is 0 Å². The molecule has 1 aliphatic heterocycles. The van der Waals surface area contributed by atoms with E-state index in [1.165, 1.54) is 6.07 Å². The van der Waals surface area contributed by atoms with E-state index in [2.05, 4.69) is 19.9 Å². The van der Waals surface area contributed by atoms with Crippen LogP contribution < -0.4 is 4.90 Å². The number of imidazole rings is 1. The highest BCUT2D eigenvalue weighted by Crippen LogP contribution is 2.16. The van der Waals surface area contributed by atoms with Crippen LogP contribution in [-0.2, 0) is 6.54 Å². The van der Waals surface area contributed by atoms with Gasteiger partial charge in [-0.3, -0.25) is 4.90 Å². The number of nitrogens with zero attached hydrogens (tertiary/aromatic N) is 5. The third kappa shape index (κ3) is 3.10. The maximum Gasteiger partial charge on any atom is 0.153 e. The van der Waals surface area contributed by atoms with Gasteiger partial charge in [0.2, 0.25) is 0 Å². The van der Waals surface area contributed by atoms with Crippen LogP contribution in [0.2, 0.25) is 0 Å². The van der Waals surface area contributed by atoms with Crippen molar-refractivity contribution in [3.05, 3.63) is 60.2 Å². The second kappa shape index (κ2) is 6.57. The van der Waals surface area contributed by atoms with Gasteiger partial charge in [-0.25, -0.2) is 13.9 Å². The molecule has 0 aliphatic carbocycles. The van der Waals surface area contributed by atoms with E-state index >= 15 is 0 Å². The van der Waals surface area contributed by atoms with Crippen molar-refractivity contribution >= 4 is 11.5 Å².